The lowest BCUT2D eigenvalue weighted by Crippen LogP contribution is -2.27. The summed E-state index contributed by atoms with van der Waals surface area (Å²) in [6.07, 6.45) is 1.70. The summed E-state index contributed by atoms with van der Waals surface area (Å²) < 4.78 is 7.32. The van der Waals surface area contributed by atoms with Crippen LogP contribution >= 0.6 is 0 Å². The van der Waals surface area contributed by atoms with E-state index in [4.69, 9.17) is 4.74 Å². The summed E-state index contributed by atoms with van der Waals surface area (Å²) in [6, 6.07) is 9.18. The van der Waals surface area contributed by atoms with E-state index >= 15 is 0 Å². The number of aromatic nitrogens is 1. The maximum absolute atomic E-state index is 12.0. The molecular weight excluding hydrogens is 266 g/mol. The van der Waals surface area contributed by atoms with Crippen molar-refractivity contribution in [2.75, 3.05) is 6.61 Å². The van der Waals surface area contributed by atoms with Crippen molar-refractivity contribution in [1.82, 2.24) is 4.57 Å². The van der Waals surface area contributed by atoms with E-state index in [0.29, 0.717) is 12.2 Å². The fourth-order valence-corrected chi connectivity index (χ4v) is 2.24. The lowest BCUT2D eigenvalue weighted by atomic mass is 9.99. The first-order valence-electron chi connectivity index (χ1n) is 7.02. The SMILES string of the molecule is CCOc1ccc(-n2cc(C(C)(C)O)c(=O)cc2C)cc1. The average molecular weight is 287 g/mol. The molecule has 0 aliphatic heterocycles. The molecule has 0 saturated carbocycles. The van der Waals surface area contributed by atoms with Crippen molar-refractivity contribution in [3.05, 3.63) is 58.0 Å². The fraction of sp³-hybridized carbons (Fsp3) is 0.353. The van der Waals surface area contributed by atoms with Gasteiger partial charge in [0.05, 0.1) is 12.2 Å². The van der Waals surface area contributed by atoms with E-state index in [1.54, 1.807) is 26.1 Å². The molecular formula is C17H21NO3. The van der Waals surface area contributed by atoms with E-state index in [1.165, 1.54) is 0 Å². The molecule has 0 atom stereocenters. The second-order valence-electron chi connectivity index (χ2n) is 5.55. The minimum absolute atomic E-state index is 0.151. The first-order chi connectivity index (χ1) is 9.82. The van der Waals surface area contributed by atoms with Crippen LogP contribution in [0.5, 0.6) is 5.75 Å². The molecule has 0 unspecified atom stereocenters. The van der Waals surface area contributed by atoms with Gasteiger partial charge in [0.1, 0.15) is 5.75 Å². The Labute approximate surface area is 124 Å². The van der Waals surface area contributed by atoms with Crippen LogP contribution in [0, 0.1) is 6.92 Å². The van der Waals surface area contributed by atoms with E-state index in [-0.39, 0.29) is 5.43 Å². The molecule has 0 bridgehead atoms. The van der Waals surface area contributed by atoms with Gasteiger partial charge < -0.3 is 14.4 Å². The molecule has 0 aliphatic carbocycles. The standard InChI is InChI=1S/C17H21NO3/c1-5-21-14-8-6-13(7-9-14)18-11-15(17(3,4)20)16(19)10-12(18)2/h6-11,20H,5H2,1-4H3. The van der Waals surface area contributed by atoms with Gasteiger partial charge >= 0.3 is 0 Å². The Morgan fingerprint density at radius 2 is 1.86 bits per heavy atom. The second-order valence-corrected chi connectivity index (χ2v) is 5.55. The monoisotopic (exact) mass is 287 g/mol. The number of rotatable bonds is 4. The number of aryl methyl sites for hydroxylation is 1. The molecule has 112 valence electrons. The zero-order valence-electron chi connectivity index (χ0n) is 12.9. The minimum Gasteiger partial charge on any atom is -0.494 e. The van der Waals surface area contributed by atoms with Gasteiger partial charge in [0.25, 0.3) is 0 Å². The number of hydrogen-bond donors (Lipinski definition) is 1. The maximum atomic E-state index is 12.0. The molecule has 2 aromatic rings. The van der Waals surface area contributed by atoms with E-state index in [9.17, 15) is 9.90 Å². The Hall–Kier alpha value is -2.07. The summed E-state index contributed by atoms with van der Waals surface area (Å²) in [7, 11) is 0. The fourth-order valence-electron chi connectivity index (χ4n) is 2.24. The normalized spacial score (nSPS) is 11.5. The summed E-state index contributed by atoms with van der Waals surface area (Å²) in [5, 5.41) is 10.1. The first-order valence-corrected chi connectivity index (χ1v) is 7.02. The second kappa shape index (κ2) is 5.74. The third-order valence-corrected chi connectivity index (χ3v) is 3.33. The van der Waals surface area contributed by atoms with Crippen molar-refractivity contribution in [3.8, 4) is 11.4 Å². The Morgan fingerprint density at radius 1 is 1.24 bits per heavy atom. The summed E-state index contributed by atoms with van der Waals surface area (Å²) in [5.74, 6) is 0.808. The van der Waals surface area contributed by atoms with E-state index in [0.717, 1.165) is 17.1 Å². The molecule has 0 aliphatic rings. The quantitative estimate of drug-likeness (QED) is 0.940. The Balaban J connectivity index is 2.51. The minimum atomic E-state index is -1.17. The van der Waals surface area contributed by atoms with Crippen molar-refractivity contribution in [1.29, 1.82) is 0 Å². The van der Waals surface area contributed by atoms with Crippen molar-refractivity contribution >= 4 is 0 Å². The van der Waals surface area contributed by atoms with Gasteiger partial charge in [-0.05, 0) is 52.0 Å². The van der Waals surface area contributed by atoms with Gasteiger partial charge in [-0.15, -0.1) is 0 Å². The third-order valence-electron chi connectivity index (χ3n) is 3.33. The zero-order valence-corrected chi connectivity index (χ0v) is 12.9. The van der Waals surface area contributed by atoms with Crippen LogP contribution in [0.2, 0.25) is 0 Å². The van der Waals surface area contributed by atoms with Crippen molar-refractivity contribution in [2.24, 2.45) is 0 Å². The summed E-state index contributed by atoms with van der Waals surface area (Å²) >= 11 is 0. The molecule has 21 heavy (non-hydrogen) atoms. The van der Waals surface area contributed by atoms with Gasteiger partial charge in [-0.2, -0.15) is 0 Å². The average Bonchev–Trinajstić information content (AvgIpc) is 2.39. The molecule has 4 heteroatoms. The van der Waals surface area contributed by atoms with Gasteiger partial charge in [-0.25, -0.2) is 0 Å². The highest BCUT2D eigenvalue weighted by molar-refractivity contribution is 5.40. The zero-order chi connectivity index (χ0) is 15.6. The van der Waals surface area contributed by atoms with Crippen molar-refractivity contribution in [3.63, 3.8) is 0 Å². The van der Waals surface area contributed by atoms with E-state index in [1.807, 2.05) is 42.7 Å². The van der Waals surface area contributed by atoms with Gasteiger partial charge in [0.15, 0.2) is 5.43 Å². The van der Waals surface area contributed by atoms with Gasteiger partial charge in [-0.1, -0.05) is 0 Å². The van der Waals surface area contributed by atoms with Gasteiger partial charge in [-0.3, -0.25) is 4.79 Å². The largest absolute Gasteiger partial charge is 0.494 e. The van der Waals surface area contributed by atoms with Gasteiger partial charge in [0.2, 0.25) is 0 Å². The molecule has 1 aromatic carbocycles. The lowest BCUT2D eigenvalue weighted by Gasteiger charge is -2.20. The van der Waals surface area contributed by atoms with Crippen LogP contribution < -0.4 is 10.2 Å². The number of ether oxygens (including phenoxy) is 1. The predicted molar refractivity (Wildman–Crippen MR) is 83.2 cm³/mol. The number of benzene rings is 1. The Bertz CT molecular complexity index is 679. The van der Waals surface area contributed by atoms with Crippen LogP contribution in [0.1, 0.15) is 32.0 Å². The van der Waals surface area contributed by atoms with E-state index in [2.05, 4.69) is 0 Å². The first kappa shape index (κ1) is 15.3. The van der Waals surface area contributed by atoms with Crippen LogP contribution in [-0.4, -0.2) is 16.3 Å². The third kappa shape index (κ3) is 3.34. The molecule has 1 heterocycles. The molecule has 2 rings (SSSR count). The molecule has 0 radical (unpaired) electrons. The van der Waals surface area contributed by atoms with E-state index < -0.39 is 5.60 Å². The highest BCUT2D eigenvalue weighted by Gasteiger charge is 2.21. The highest BCUT2D eigenvalue weighted by atomic mass is 16.5. The molecule has 0 spiro atoms. The van der Waals surface area contributed by atoms with Crippen molar-refractivity contribution < 1.29 is 9.84 Å². The van der Waals surface area contributed by atoms with Crippen LogP contribution in [0.3, 0.4) is 0 Å². The van der Waals surface area contributed by atoms with Crippen LogP contribution in [0.4, 0.5) is 0 Å². The smallest absolute Gasteiger partial charge is 0.187 e. The summed E-state index contributed by atoms with van der Waals surface area (Å²) in [4.78, 5) is 12.0. The van der Waals surface area contributed by atoms with Crippen LogP contribution in [0.25, 0.3) is 5.69 Å². The molecule has 0 amide bonds. The maximum Gasteiger partial charge on any atom is 0.187 e. The van der Waals surface area contributed by atoms with Gasteiger partial charge in [0, 0.05) is 29.2 Å². The Kier molecular flexibility index (Phi) is 4.19. The highest BCUT2D eigenvalue weighted by Crippen LogP contribution is 2.20. The number of hydrogen-bond acceptors (Lipinski definition) is 3. The molecule has 1 N–H and O–H groups in total. The Morgan fingerprint density at radius 3 is 2.38 bits per heavy atom. The number of pyridine rings is 1. The number of aliphatic hydroxyl groups is 1. The van der Waals surface area contributed by atoms with Crippen LogP contribution in [-0.2, 0) is 5.60 Å². The molecule has 0 fully saturated rings. The molecule has 4 nitrogen and oxygen atoms in total. The summed E-state index contributed by atoms with van der Waals surface area (Å²) in [5.41, 5.74) is 0.792. The summed E-state index contributed by atoms with van der Waals surface area (Å²) in [6.45, 7) is 7.66. The molecule has 0 saturated heterocycles. The lowest BCUT2D eigenvalue weighted by molar-refractivity contribution is 0.0769. The predicted octanol–water partition coefficient (Wildman–Crippen LogP) is 2.77. The van der Waals surface area contributed by atoms with Crippen molar-refractivity contribution in [2.45, 2.75) is 33.3 Å². The van der Waals surface area contributed by atoms with Crippen LogP contribution in [0.15, 0.2) is 41.3 Å². The number of nitrogens with zero attached hydrogens (tertiary/aromatic N) is 1. The topological polar surface area (TPSA) is 51.5 Å². The molecule has 1 aromatic heterocycles.